The molecule has 0 saturated heterocycles. The van der Waals surface area contributed by atoms with Crippen LogP contribution < -0.4 is 10.9 Å². The molecule has 0 aliphatic heterocycles. The molecule has 2 heterocycles. The van der Waals surface area contributed by atoms with Crippen LogP contribution in [0.25, 0.3) is 0 Å². The Labute approximate surface area is 175 Å². The van der Waals surface area contributed by atoms with E-state index in [2.05, 4.69) is 10.3 Å². The van der Waals surface area contributed by atoms with Crippen LogP contribution in [0.4, 0.5) is 31.5 Å². The summed E-state index contributed by atoms with van der Waals surface area (Å²) in [5.41, 5.74) is -3.38. The van der Waals surface area contributed by atoms with Crippen molar-refractivity contribution in [1.82, 2.24) is 9.55 Å². The van der Waals surface area contributed by atoms with Gasteiger partial charge in [0.2, 0.25) is 5.91 Å². The van der Waals surface area contributed by atoms with Gasteiger partial charge in [-0.3, -0.25) is 9.59 Å². The minimum atomic E-state index is -4.93. The molecule has 3 rings (SSSR count). The van der Waals surface area contributed by atoms with Crippen LogP contribution in [0.3, 0.4) is 0 Å². The second-order valence-electron chi connectivity index (χ2n) is 6.44. The molecule has 0 radical (unpaired) electrons. The van der Waals surface area contributed by atoms with E-state index < -0.39 is 29.4 Å². The molecule has 1 N–H and O–H groups in total. The average molecular weight is 461 g/mol. The van der Waals surface area contributed by atoms with Crippen LogP contribution in [0.1, 0.15) is 21.6 Å². The number of nitrogens with one attached hydrogen (secondary N) is 1. The van der Waals surface area contributed by atoms with Gasteiger partial charge in [0.1, 0.15) is 6.54 Å². The SMILES string of the molecule is O=C(Cn1ccccc1=O)Nc1ncc(Cc2cc(C(F)(F)F)cc(C(F)(F)F)c2)s1. The molecule has 1 amide bonds. The number of carbonyl (C=O) groups excluding carboxylic acids is 1. The number of pyridine rings is 1. The van der Waals surface area contributed by atoms with Gasteiger partial charge in [-0.05, 0) is 29.8 Å². The number of carbonyl (C=O) groups is 1. The second-order valence-corrected chi connectivity index (χ2v) is 7.55. The lowest BCUT2D eigenvalue weighted by Crippen LogP contribution is -2.26. The fourth-order valence-electron chi connectivity index (χ4n) is 2.67. The van der Waals surface area contributed by atoms with Crippen molar-refractivity contribution in [3.8, 4) is 0 Å². The highest BCUT2D eigenvalue weighted by molar-refractivity contribution is 7.15. The third-order valence-corrected chi connectivity index (χ3v) is 4.95. The molecule has 0 saturated carbocycles. The number of anilines is 1. The van der Waals surface area contributed by atoms with Crippen molar-refractivity contribution in [3.63, 3.8) is 0 Å². The van der Waals surface area contributed by atoms with Crippen LogP contribution in [0.15, 0.2) is 53.6 Å². The van der Waals surface area contributed by atoms with E-state index >= 15 is 0 Å². The lowest BCUT2D eigenvalue weighted by Gasteiger charge is -2.13. The van der Waals surface area contributed by atoms with Gasteiger partial charge in [0.05, 0.1) is 11.1 Å². The van der Waals surface area contributed by atoms with E-state index in [1.165, 1.54) is 24.5 Å². The molecule has 1 aromatic carbocycles. The Bertz CT molecular complexity index is 1120. The first-order chi connectivity index (χ1) is 14.4. The van der Waals surface area contributed by atoms with Crippen LogP contribution in [-0.4, -0.2) is 15.5 Å². The zero-order chi connectivity index (χ0) is 22.8. The maximum absolute atomic E-state index is 13.0. The molecule has 0 aliphatic rings. The number of benzene rings is 1. The fraction of sp³-hybridized carbons (Fsp3) is 0.211. The summed E-state index contributed by atoms with van der Waals surface area (Å²) in [5, 5.41) is 2.55. The number of aromatic nitrogens is 2. The first kappa shape index (κ1) is 22.5. The quantitative estimate of drug-likeness (QED) is 0.567. The van der Waals surface area contributed by atoms with Crippen molar-refractivity contribution < 1.29 is 31.1 Å². The molecular weight excluding hydrogens is 448 g/mol. The zero-order valence-electron chi connectivity index (χ0n) is 15.4. The topological polar surface area (TPSA) is 64.0 Å². The van der Waals surface area contributed by atoms with Crippen molar-refractivity contribution in [2.75, 3.05) is 5.32 Å². The first-order valence-corrected chi connectivity index (χ1v) is 9.42. The van der Waals surface area contributed by atoms with Gasteiger partial charge >= 0.3 is 12.4 Å². The molecule has 31 heavy (non-hydrogen) atoms. The van der Waals surface area contributed by atoms with E-state index in [1.807, 2.05) is 0 Å². The van der Waals surface area contributed by atoms with Gasteiger partial charge in [-0.15, -0.1) is 11.3 Å². The summed E-state index contributed by atoms with van der Waals surface area (Å²) in [4.78, 5) is 27.9. The number of hydrogen-bond donors (Lipinski definition) is 1. The highest BCUT2D eigenvalue weighted by Crippen LogP contribution is 2.37. The van der Waals surface area contributed by atoms with Crippen LogP contribution in [0, 0.1) is 0 Å². The smallest absolute Gasteiger partial charge is 0.306 e. The fourth-order valence-corrected chi connectivity index (χ4v) is 3.54. The van der Waals surface area contributed by atoms with E-state index in [1.54, 1.807) is 6.07 Å². The van der Waals surface area contributed by atoms with Crippen molar-refractivity contribution in [1.29, 1.82) is 0 Å². The van der Waals surface area contributed by atoms with E-state index in [-0.39, 0.29) is 35.3 Å². The molecule has 2 aromatic heterocycles. The van der Waals surface area contributed by atoms with Gasteiger partial charge < -0.3 is 9.88 Å². The Morgan fingerprint density at radius 3 is 2.26 bits per heavy atom. The van der Waals surface area contributed by atoms with Gasteiger partial charge in [-0.25, -0.2) is 4.98 Å². The Balaban J connectivity index is 1.75. The molecule has 164 valence electrons. The summed E-state index contributed by atoms with van der Waals surface area (Å²) < 4.78 is 79.0. The highest BCUT2D eigenvalue weighted by Gasteiger charge is 2.36. The summed E-state index contributed by atoms with van der Waals surface area (Å²) >= 11 is 0.905. The highest BCUT2D eigenvalue weighted by atomic mass is 32.1. The van der Waals surface area contributed by atoms with Crippen LogP contribution in [0.5, 0.6) is 0 Å². The number of amides is 1. The molecular formula is C19H13F6N3O2S. The number of alkyl halides is 6. The van der Waals surface area contributed by atoms with Crippen molar-refractivity contribution in [2.24, 2.45) is 0 Å². The predicted molar refractivity (Wildman–Crippen MR) is 101 cm³/mol. The third kappa shape index (κ3) is 5.94. The van der Waals surface area contributed by atoms with Gasteiger partial charge in [0.15, 0.2) is 5.13 Å². The van der Waals surface area contributed by atoms with Crippen LogP contribution in [0.2, 0.25) is 0 Å². The van der Waals surface area contributed by atoms with E-state index in [9.17, 15) is 35.9 Å². The summed E-state index contributed by atoms with van der Waals surface area (Å²) in [5.74, 6) is -0.562. The summed E-state index contributed by atoms with van der Waals surface area (Å²) in [6.45, 7) is -0.281. The van der Waals surface area contributed by atoms with Gasteiger partial charge in [-0.2, -0.15) is 26.3 Å². The first-order valence-electron chi connectivity index (χ1n) is 8.60. The maximum atomic E-state index is 13.0. The minimum absolute atomic E-state index is 0.0628. The lowest BCUT2D eigenvalue weighted by molar-refractivity contribution is -0.143. The molecule has 3 aromatic rings. The van der Waals surface area contributed by atoms with Gasteiger partial charge in [-0.1, -0.05) is 6.07 Å². The Kier molecular flexibility index (Phi) is 6.20. The van der Waals surface area contributed by atoms with Gasteiger partial charge in [0, 0.05) is 29.8 Å². The Morgan fingerprint density at radius 1 is 1.03 bits per heavy atom. The molecule has 0 aliphatic carbocycles. The zero-order valence-corrected chi connectivity index (χ0v) is 16.2. The maximum Gasteiger partial charge on any atom is 0.416 e. The number of thiazole rings is 1. The Hall–Kier alpha value is -3.15. The Morgan fingerprint density at radius 2 is 1.68 bits per heavy atom. The standard InChI is InChI=1S/C19H13F6N3O2S/c20-18(21,22)12-5-11(6-13(8-12)19(23,24)25)7-14-9-26-17(31-14)27-15(29)10-28-4-2-1-3-16(28)30/h1-6,8-9H,7,10H2,(H,26,27,29). The third-order valence-electron chi connectivity index (χ3n) is 4.04. The average Bonchev–Trinajstić information content (AvgIpc) is 3.08. The largest absolute Gasteiger partial charge is 0.416 e. The van der Waals surface area contributed by atoms with Crippen molar-refractivity contribution in [2.45, 2.75) is 25.3 Å². The van der Waals surface area contributed by atoms with E-state index in [0.717, 1.165) is 15.9 Å². The van der Waals surface area contributed by atoms with Crippen molar-refractivity contribution >= 4 is 22.4 Å². The van der Waals surface area contributed by atoms with Crippen molar-refractivity contribution in [3.05, 3.63) is 80.7 Å². The van der Waals surface area contributed by atoms with Crippen LogP contribution >= 0.6 is 11.3 Å². The predicted octanol–water partition coefficient (Wildman–Crippen LogP) is 4.57. The van der Waals surface area contributed by atoms with E-state index in [4.69, 9.17) is 0 Å². The van der Waals surface area contributed by atoms with Gasteiger partial charge in [0.25, 0.3) is 5.56 Å². The number of halogens is 6. The summed E-state index contributed by atoms with van der Waals surface area (Å²) in [7, 11) is 0. The molecule has 5 nitrogen and oxygen atoms in total. The molecule has 0 unspecified atom stereocenters. The molecule has 0 fully saturated rings. The summed E-state index contributed by atoms with van der Waals surface area (Å²) in [6, 6.07) is 5.72. The molecule has 0 atom stereocenters. The molecule has 0 spiro atoms. The normalized spacial score (nSPS) is 12.1. The molecule has 12 heteroatoms. The summed E-state index contributed by atoms with van der Waals surface area (Å²) in [6.07, 6.45) is -7.43. The van der Waals surface area contributed by atoms with Crippen LogP contribution in [-0.2, 0) is 30.1 Å². The molecule has 0 bridgehead atoms. The monoisotopic (exact) mass is 461 g/mol. The lowest BCUT2D eigenvalue weighted by atomic mass is 10.0. The van der Waals surface area contributed by atoms with E-state index in [0.29, 0.717) is 17.0 Å². The number of nitrogens with zero attached hydrogens (tertiary/aromatic N) is 2. The second kappa shape index (κ2) is 8.53. The number of rotatable bonds is 5. The minimum Gasteiger partial charge on any atom is -0.306 e. The number of hydrogen-bond acceptors (Lipinski definition) is 4.